The Morgan fingerprint density at radius 1 is 1.09 bits per heavy atom. The van der Waals surface area contributed by atoms with Crippen LogP contribution < -0.4 is 5.69 Å². The minimum atomic E-state index is -0.569. The molecule has 3 aromatic rings. The Morgan fingerprint density at radius 3 is 2.78 bits per heavy atom. The van der Waals surface area contributed by atoms with Gasteiger partial charge in [-0.1, -0.05) is 23.2 Å². The van der Waals surface area contributed by atoms with Crippen molar-refractivity contribution in [1.82, 2.24) is 24.7 Å². The van der Waals surface area contributed by atoms with Gasteiger partial charge in [-0.3, -0.25) is 9.36 Å². The lowest BCUT2D eigenvalue weighted by Gasteiger charge is -2.36. The van der Waals surface area contributed by atoms with Gasteiger partial charge >= 0.3 is 5.69 Å². The molecule has 1 saturated carbocycles. The molecule has 1 saturated heterocycles. The highest BCUT2D eigenvalue weighted by atomic mass is 35.5. The number of ketones is 1. The van der Waals surface area contributed by atoms with Gasteiger partial charge in [0.1, 0.15) is 11.3 Å². The highest BCUT2D eigenvalue weighted by Gasteiger charge is 2.48. The van der Waals surface area contributed by atoms with Gasteiger partial charge in [0.2, 0.25) is 0 Å². The van der Waals surface area contributed by atoms with Crippen molar-refractivity contribution >= 4 is 28.5 Å². The van der Waals surface area contributed by atoms with Gasteiger partial charge in [0.05, 0.1) is 18.1 Å². The van der Waals surface area contributed by atoms with Gasteiger partial charge in [-0.05, 0) is 44.9 Å². The smallest absolute Gasteiger partial charge is 0.328 e. The Bertz CT molecular complexity index is 1270. The molecular formula is C22H24ClN5O4. The molecule has 2 aliphatic carbocycles. The quantitative estimate of drug-likeness (QED) is 0.585. The van der Waals surface area contributed by atoms with Crippen LogP contribution in [-0.2, 0) is 21.4 Å². The van der Waals surface area contributed by atoms with Gasteiger partial charge in [0.15, 0.2) is 28.1 Å². The maximum atomic E-state index is 12.9. The lowest BCUT2D eigenvalue weighted by atomic mass is 9.64. The number of imidazole rings is 1. The summed E-state index contributed by atoms with van der Waals surface area (Å²) in [5, 5.41) is 4.48. The van der Waals surface area contributed by atoms with E-state index in [2.05, 4.69) is 15.1 Å². The van der Waals surface area contributed by atoms with E-state index in [4.69, 9.17) is 25.8 Å². The van der Waals surface area contributed by atoms with Crippen LogP contribution in [0.2, 0.25) is 5.15 Å². The zero-order valence-corrected chi connectivity index (χ0v) is 18.4. The molecule has 1 spiro atoms. The van der Waals surface area contributed by atoms with E-state index in [1.807, 2.05) is 0 Å². The molecule has 2 atom stereocenters. The Kier molecular flexibility index (Phi) is 4.73. The number of rotatable bonds is 2. The molecule has 9 nitrogen and oxygen atoms in total. The summed E-state index contributed by atoms with van der Waals surface area (Å²) in [5.74, 6) is 1.24. The van der Waals surface area contributed by atoms with Crippen molar-refractivity contribution in [1.29, 1.82) is 0 Å². The van der Waals surface area contributed by atoms with Crippen LogP contribution in [0.4, 0.5) is 0 Å². The molecule has 2 fully saturated rings. The van der Waals surface area contributed by atoms with E-state index >= 15 is 0 Å². The number of halogens is 1. The monoisotopic (exact) mass is 457 g/mol. The van der Waals surface area contributed by atoms with E-state index in [-0.39, 0.29) is 22.7 Å². The largest absolute Gasteiger partial charge is 0.379 e. The second kappa shape index (κ2) is 7.52. The van der Waals surface area contributed by atoms with E-state index in [1.165, 1.54) is 0 Å². The lowest BCUT2D eigenvalue weighted by Crippen LogP contribution is -2.41. The minimum Gasteiger partial charge on any atom is -0.379 e. The van der Waals surface area contributed by atoms with Crippen LogP contribution in [0.5, 0.6) is 0 Å². The van der Waals surface area contributed by atoms with E-state index in [0.717, 1.165) is 56.9 Å². The molecule has 10 heteroatoms. The number of carbonyl (C=O) groups excluding carboxylic acids is 1. The third-order valence-corrected chi connectivity index (χ3v) is 7.56. The number of hydrogen-bond donors (Lipinski definition) is 1. The van der Waals surface area contributed by atoms with Crippen LogP contribution in [0.25, 0.3) is 22.7 Å². The van der Waals surface area contributed by atoms with Crippen LogP contribution in [0.3, 0.4) is 0 Å². The predicted octanol–water partition coefficient (Wildman–Crippen LogP) is 3.50. The fraction of sp³-hybridized carbons (Fsp3) is 0.591. The van der Waals surface area contributed by atoms with Crippen LogP contribution in [0, 0.1) is 0 Å². The molecule has 32 heavy (non-hydrogen) atoms. The Labute approximate surface area is 188 Å². The van der Waals surface area contributed by atoms with Gasteiger partial charge in [-0.25, -0.2) is 14.8 Å². The average Bonchev–Trinajstić information content (AvgIpc) is 3.38. The number of H-pyrrole nitrogens is 1. The van der Waals surface area contributed by atoms with Crippen LogP contribution in [-0.4, -0.2) is 43.7 Å². The first-order valence-electron chi connectivity index (χ1n) is 11.4. The highest BCUT2D eigenvalue weighted by molar-refractivity contribution is 6.33. The van der Waals surface area contributed by atoms with Gasteiger partial charge in [-0.2, -0.15) is 0 Å². The number of ether oxygens (including phenoxy) is 1. The molecule has 4 heterocycles. The standard InChI is InChI=1S/C22H24ClN5O4/c23-18-16-20(28(21(30)24-16)12-5-4-10-31-11-12)26-19(25-18)15-13-6-3-9-22(17(13)32-27-15)8-2-1-7-14(22)29/h12H,1-11H2,(H,24,30)/t12-,22-/m1/s1. The number of nitrogens with zero attached hydrogens (tertiary/aromatic N) is 4. The summed E-state index contributed by atoms with van der Waals surface area (Å²) in [6, 6.07) is -0.113. The molecule has 0 radical (unpaired) electrons. The first-order valence-corrected chi connectivity index (χ1v) is 11.7. The lowest BCUT2D eigenvalue weighted by molar-refractivity contribution is -0.128. The Balaban J connectivity index is 1.49. The predicted molar refractivity (Wildman–Crippen MR) is 116 cm³/mol. The summed E-state index contributed by atoms with van der Waals surface area (Å²) in [5.41, 5.74) is 1.41. The normalized spacial score (nSPS) is 26.0. The molecule has 0 aromatic carbocycles. The van der Waals surface area contributed by atoms with Gasteiger partial charge in [0, 0.05) is 18.6 Å². The number of hydrogen-bond acceptors (Lipinski definition) is 7. The maximum absolute atomic E-state index is 12.9. The molecule has 3 aliphatic rings. The summed E-state index contributed by atoms with van der Waals surface area (Å²) in [7, 11) is 0. The van der Waals surface area contributed by atoms with Crippen LogP contribution >= 0.6 is 11.6 Å². The fourth-order valence-electron chi connectivity index (χ4n) is 5.71. The van der Waals surface area contributed by atoms with E-state index in [0.29, 0.717) is 48.1 Å². The molecule has 3 aromatic heterocycles. The van der Waals surface area contributed by atoms with E-state index < -0.39 is 5.41 Å². The maximum Gasteiger partial charge on any atom is 0.328 e. The molecule has 0 bridgehead atoms. The van der Waals surface area contributed by atoms with Crippen molar-refractivity contribution in [2.75, 3.05) is 13.2 Å². The molecule has 1 N–H and O–H groups in total. The van der Waals surface area contributed by atoms with Crippen LogP contribution in [0.15, 0.2) is 9.32 Å². The van der Waals surface area contributed by atoms with Crippen molar-refractivity contribution in [3.63, 3.8) is 0 Å². The summed E-state index contributed by atoms with van der Waals surface area (Å²) in [4.78, 5) is 37.6. The number of Topliss-reactive ketones (excluding diaryl/α,β-unsaturated/α-hetero) is 1. The second-order valence-electron chi connectivity index (χ2n) is 9.11. The SMILES string of the molecule is O=C1CCCC[C@@]12CCCc1c(-c3nc(Cl)c4[nH]c(=O)n([C@@H]5CCCOC5)c4n3)noc12. The fourth-order valence-corrected chi connectivity index (χ4v) is 5.92. The molecule has 1 aliphatic heterocycles. The number of aromatic nitrogens is 5. The first kappa shape index (κ1) is 20.1. The topological polar surface area (TPSA) is 116 Å². The Morgan fingerprint density at radius 2 is 1.97 bits per heavy atom. The van der Waals surface area contributed by atoms with Crippen molar-refractivity contribution in [3.8, 4) is 11.5 Å². The number of carbonyl (C=O) groups is 1. The minimum absolute atomic E-state index is 0.113. The first-order chi connectivity index (χ1) is 15.6. The molecule has 168 valence electrons. The zero-order valence-electron chi connectivity index (χ0n) is 17.7. The third kappa shape index (κ3) is 2.90. The second-order valence-corrected chi connectivity index (χ2v) is 9.47. The third-order valence-electron chi connectivity index (χ3n) is 7.28. The zero-order chi connectivity index (χ0) is 21.9. The van der Waals surface area contributed by atoms with Crippen molar-refractivity contribution in [2.45, 2.75) is 69.2 Å². The van der Waals surface area contributed by atoms with Gasteiger partial charge in [-0.15, -0.1) is 0 Å². The van der Waals surface area contributed by atoms with E-state index in [1.54, 1.807) is 4.57 Å². The van der Waals surface area contributed by atoms with Crippen LogP contribution in [0.1, 0.15) is 68.7 Å². The van der Waals surface area contributed by atoms with E-state index in [9.17, 15) is 9.59 Å². The number of nitrogens with one attached hydrogen (secondary N) is 1. The molecule has 0 unspecified atom stereocenters. The van der Waals surface area contributed by atoms with Crippen molar-refractivity contribution in [2.24, 2.45) is 0 Å². The number of fused-ring (bicyclic) bond motifs is 3. The summed E-state index contributed by atoms with van der Waals surface area (Å²) >= 11 is 6.47. The van der Waals surface area contributed by atoms with Gasteiger partial charge in [0.25, 0.3) is 0 Å². The molecular weight excluding hydrogens is 434 g/mol. The summed E-state index contributed by atoms with van der Waals surface area (Å²) in [6.07, 6.45) is 7.46. The summed E-state index contributed by atoms with van der Waals surface area (Å²) in [6.45, 7) is 1.15. The highest BCUT2D eigenvalue weighted by Crippen LogP contribution is 2.47. The van der Waals surface area contributed by atoms with Gasteiger partial charge < -0.3 is 14.2 Å². The van der Waals surface area contributed by atoms with Crippen molar-refractivity contribution in [3.05, 3.63) is 27.0 Å². The average molecular weight is 458 g/mol. The molecule has 6 rings (SSSR count). The summed E-state index contributed by atoms with van der Waals surface area (Å²) < 4.78 is 13.0. The number of aromatic amines is 1. The molecule has 0 amide bonds. The van der Waals surface area contributed by atoms with Crippen molar-refractivity contribution < 1.29 is 14.1 Å². The Hall–Kier alpha value is -2.52.